The van der Waals surface area contributed by atoms with Crippen molar-refractivity contribution in [2.45, 2.75) is 115 Å². The van der Waals surface area contributed by atoms with Gasteiger partial charge in [0, 0.05) is 44.4 Å². The van der Waals surface area contributed by atoms with Crippen LogP contribution in [0.4, 0.5) is 0 Å². The zero-order valence-corrected chi connectivity index (χ0v) is 34.4. The SMILES string of the molecule is COP(=O)(O)OC(C)C(NC(=O)C(CO)NC(=O)C(Cc1cncn1C(C)(C)Cc1ccccc1)NC(=O)C(CC(C)C)NC(=O)C1CCCN1C(C)=O)C(N)=O. The molecule has 3 rings (SSSR count). The Morgan fingerprint density at radius 1 is 0.982 bits per heavy atom. The third kappa shape index (κ3) is 13.5. The number of aliphatic hydroxyl groups is 1. The van der Waals surface area contributed by atoms with Gasteiger partial charge in [-0.2, -0.15) is 0 Å². The van der Waals surface area contributed by atoms with Crippen LogP contribution in [-0.2, 0) is 60.8 Å². The molecule has 2 heterocycles. The van der Waals surface area contributed by atoms with Gasteiger partial charge >= 0.3 is 7.82 Å². The summed E-state index contributed by atoms with van der Waals surface area (Å²) in [6.45, 7) is 9.65. The number of aliphatic hydroxyl groups excluding tert-OH is 1. The summed E-state index contributed by atoms with van der Waals surface area (Å²) in [5.41, 5.74) is 6.42. The topological polar surface area (TPSA) is 274 Å². The van der Waals surface area contributed by atoms with Crippen molar-refractivity contribution >= 4 is 43.3 Å². The molecule has 0 radical (unpaired) electrons. The van der Waals surface area contributed by atoms with E-state index in [1.807, 2.05) is 62.6 Å². The van der Waals surface area contributed by atoms with Gasteiger partial charge in [-0.15, -0.1) is 0 Å². The first-order valence-electron chi connectivity index (χ1n) is 18.7. The molecule has 7 atom stereocenters. The van der Waals surface area contributed by atoms with Crippen LogP contribution in [0.5, 0.6) is 0 Å². The first-order valence-corrected chi connectivity index (χ1v) is 20.2. The van der Waals surface area contributed by atoms with Crippen LogP contribution in [-0.4, -0.2) is 116 Å². The number of likely N-dealkylation sites (tertiary alicyclic amines) is 1. The van der Waals surface area contributed by atoms with Gasteiger partial charge in [-0.25, -0.2) is 9.55 Å². The van der Waals surface area contributed by atoms with Gasteiger partial charge in [0.1, 0.15) is 30.2 Å². The predicted octanol–water partition coefficient (Wildman–Crippen LogP) is 0.0291. The van der Waals surface area contributed by atoms with Gasteiger partial charge in [0.05, 0.1) is 19.0 Å². The number of carbonyl (C=O) groups excluding carboxylic acids is 6. The number of hydrogen-bond acceptors (Lipinski definition) is 11. The van der Waals surface area contributed by atoms with E-state index in [0.29, 0.717) is 31.5 Å². The number of nitrogens with zero attached hydrogens (tertiary/aromatic N) is 3. The van der Waals surface area contributed by atoms with Crippen molar-refractivity contribution in [1.29, 1.82) is 0 Å². The molecular weight excluding hydrogens is 763 g/mol. The molecule has 1 aromatic carbocycles. The van der Waals surface area contributed by atoms with E-state index in [0.717, 1.165) is 12.7 Å². The Hall–Kier alpha value is -4.68. The van der Waals surface area contributed by atoms with Gasteiger partial charge in [0.25, 0.3) is 0 Å². The van der Waals surface area contributed by atoms with Crippen molar-refractivity contribution in [3.63, 3.8) is 0 Å². The number of phosphoric acid groups is 1. The van der Waals surface area contributed by atoms with Gasteiger partial charge in [0.2, 0.25) is 35.4 Å². The molecule has 1 aliphatic heterocycles. The summed E-state index contributed by atoms with van der Waals surface area (Å²) < 4.78 is 23.1. The molecule has 2 aromatic rings. The molecule has 7 unspecified atom stereocenters. The van der Waals surface area contributed by atoms with E-state index in [2.05, 4.69) is 30.8 Å². The van der Waals surface area contributed by atoms with Gasteiger partial charge in [0.15, 0.2) is 0 Å². The van der Waals surface area contributed by atoms with Crippen LogP contribution in [0.3, 0.4) is 0 Å². The first-order chi connectivity index (χ1) is 26.7. The van der Waals surface area contributed by atoms with Crippen LogP contribution in [0.1, 0.15) is 72.1 Å². The number of hydrogen-bond donors (Lipinski definition) is 7. The second kappa shape index (κ2) is 20.7. The van der Waals surface area contributed by atoms with E-state index < -0.39 is 85.8 Å². The number of carbonyl (C=O) groups is 6. The van der Waals surface area contributed by atoms with Gasteiger partial charge < -0.3 is 46.5 Å². The molecule has 19 nitrogen and oxygen atoms in total. The lowest BCUT2D eigenvalue weighted by molar-refractivity contribution is -0.139. The summed E-state index contributed by atoms with van der Waals surface area (Å²) in [7, 11) is -3.73. The number of phosphoric ester groups is 1. The first kappa shape index (κ1) is 46.7. The summed E-state index contributed by atoms with van der Waals surface area (Å²) in [6, 6.07) is 3.01. The average Bonchev–Trinajstić information content (AvgIpc) is 3.83. The average molecular weight is 821 g/mol. The maximum absolute atomic E-state index is 14.1. The van der Waals surface area contributed by atoms with Gasteiger partial charge in [-0.3, -0.25) is 37.8 Å². The van der Waals surface area contributed by atoms with Crippen molar-refractivity contribution in [2.24, 2.45) is 11.7 Å². The van der Waals surface area contributed by atoms with Crippen molar-refractivity contribution in [2.75, 3.05) is 20.3 Å². The summed E-state index contributed by atoms with van der Waals surface area (Å²) in [5, 5.41) is 20.3. The van der Waals surface area contributed by atoms with Crippen LogP contribution in [0.2, 0.25) is 0 Å². The predicted molar refractivity (Wildman–Crippen MR) is 207 cm³/mol. The highest BCUT2D eigenvalue weighted by Crippen LogP contribution is 2.43. The Balaban J connectivity index is 1.94. The highest BCUT2D eigenvalue weighted by Gasteiger charge is 2.38. The highest BCUT2D eigenvalue weighted by molar-refractivity contribution is 7.47. The van der Waals surface area contributed by atoms with Gasteiger partial charge in [-0.1, -0.05) is 44.2 Å². The Labute approximate surface area is 332 Å². The molecule has 1 saturated heterocycles. The third-order valence-corrected chi connectivity index (χ3v) is 10.7. The van der Waals surface area contributed by atoms with E-state index in [4.69, 9.17) is 10.3 Å². The normalized spacial score (nSPS) is 18.1. The fourth-order valence-corrected chi connectivity index (χ4v) is 7.36. The molecule has 0 bridgehead atoms. The number of rotatable bonds is 21. The highest BCUT2D eigenvalue weighted by atomic mass is 31.2. The largest absolute Gasteiger partial charge is 0.472 e. The lowest BCUT2D eigenvalue weighted by Crippen LogP contribution is -2.61. The van der Waals surface area contributed by atoms with Crippen molar-refractivity contribution < 1.29 is 52.4 Å². The number of primary amides is 1. The molecular formula is C37H57N8O11P. The quantitative estimate of drug-likeness (QED) is 0.0823. The second-order valence-corrected chi connectivity index (χ2v) is 16.7. The summed E-state index contributed by atoms with van der Waals surface area (Å²) in [5.74, 6) is -4.76. The molecule has 1 fully saturated rings. The molecule has 1 aliphatic rings. The summed E-state index contributed by atoms with van der Waals surface area (Å²) in [4.78, 5) is 94.9. The fourth-order valence-electron chi connectivity index (χ4n) is 6.73. The van der Waals surface area contributed by atoms with Crippen molar-refractivity contribution in [1.82, 2.24) is 35.7 Å². The Morgan fingerprint density at radius 3 is 2.18 bits per heavy atom. The number of nitrogens with one attached hydrogen (secondary N) is 4. The zero-order valence-electron chi connectivity index (χ0n) is 33.5. The maximum Gasteiger partial charge on any atom is 0.472 e. The minimum atomic E-state index is -4.62. The van der Waals surface area contributed by atoms with Crippen LogP contribution in [0.25, 0.3) is 0 Å². The molecule has 0 saturated carbocycles. The van der Waals surface area contributed by atoms with E-state index >= 15 is 0 Å². The molecule has 1 aromatic heterocycles. The molecule has 316 valence electrons. The van der Waals surface area contributed by atoms with Crippen LogP contribution < -0.4 is 27.0 Å². The molecule has 0 spiro atoms. The smallest absolute Gasteiger partial charge is 0.394 e. The number of imidazole rings is 1. The van der Waals surface area contributed by atoms with E-state index in [9.17, 15) is 43.3 Å². The number of nitrogens with two attached hydrogens (primary N) is 1. The molecule has 8 N–H and O–H groups in total. The Bertz CT molecular complexity index is 1770. The van der Waals surface area contributed by atoms with Crippen LogP contribution in [0, 0.1) is 5.92 Å². The standard InChI is InChI=1S/C37H57N8O11P/c1-22(2)16-27(41-36(52)30-14-11-15-44(30)24(4)47)33(49)40-28(17-26-19-39-21-45(26)37(5,6)18-25-12-9-8-10-13-25)34(50)42-29(20-46)35(51)43-31(32(38)48)23(3)56-57(53,54)55-7/h8-10,12-13,19,21-23,27-31,46H,11,14-18,20H2,1-7H3,(H2,38,48)(H,40,49)(H,41,52)(H,42,50)(H,43,51)(H,53,54). The fraction of sp³-hybridized carbons (Fsp3) is 0.595. The van der Waals surface area contributed by atoms with E-state index in [-0.39, 0.29) is 24.7 Å². The molecule has 0 aliphatic carbocycles. The maximum atomic E-state index is 14.1. The van der Waals surface area contributed by atoms with E-state index in [1.165, 1.54) is 24.9 Å². The molecule has 57 heavy (non-hydrogen) atoms. The molecule has 6 amide bonds. The second-order valence-electron chi connectivity index (χ2n) is 15.2. The third-order valence-electron chi connectivity index (χ3n) is 9.61. The van der Waals surface area contributed by atoms with Gasteiger partial charge in [-0.05, 0) is 57.9 Å². The molecule has 20 heteroatoms. The number of aromatic nitrogens is 2. The monoisotopic (exact) mass is 820 g/mol. The summed E-state index contributed by atoms with van der Waals surface area (Å²) in [6.07, 6.45) is 3.31. The number of amides is 6. The lowest BCUT2D eigenvalue weighted by atomic mass is 9.94. The van der Waals surface area contributed by atoms with Crippen LogP contribution in [0.15, 0.2) is 42.9 Å². The van der Waals surface area contributed by atoms with Crippen LogP contribution >= 0.6 is 7.82 Å². The van der Waals surface area contributed by atoms with Crippen molar-refractivity contribution in [3.05, 3.63) is 54.1 Å². The van der Waals surface area contributed by atoms with E-state index in [1.54, 1.807) is 6.33 Å². The minimum Gasteiger partial charge on any atom is -0.394 e. The Morgan fingerprint density at radius 2 is 1.60 bits per heavy atom. The lowest BCUT2D eigenvalue weighted by Gasteiger charge is -2.31. The summed E-state index contributed by atoms with van der Waals surface area (Å²) >= 11 is 0. The van der Waals surface area contributed by atoms with Crippen molar-refractivity contribution in [3.8, 4) is 0 Å². The minimum absolute atomic E-state index is 0.0864. The number of benzene rings is 1. The Kier molecular flexibility index (Phi) is 16.9. The zero-order chi connectivity index (χ0) is 42.7.